The molecular formula is C19H28N4O. The van der Waals surface area contributed by atoms with E-state index < -0.39 is 0 Å². The highest BCUT2D eigenvalue weighted by Gasteiger charge is 2.40. The van der Waals surface area contributed by atoms with E-state index in [1.165, 1.54) is 57.8 Å². The highest BCUT2D eigenvalue weighted by molar-refractivity contribution is 5.93. The zero-order valence-corrected chi connectivity index (χ0v) is 14.5. The molecule has 5 nitrogen and oxygen atoms in total. The molecule has 0 N–H and O–H groups in total. The Hall–Kier alpha value is -1.65. The van der Waals surface area contributed by atoms with Crippen LogP contribution in [0.1, 0.15) is 68.3 Å². The second kappa shape index (κ2) is 6.69. The number of anilines is 1. The lowest BCUT2D eigenvalue weighted by Gasteiger charge is -2.33. The summed E-state index contributed by atoms with van der Waals surface area (Å²) < 4.78 is 0. The number of rotatable bonds is 2. The summed E-state index contributed by atoms with van der Waals surface area (Å²) in [5.41, 5.74) is 0.967. The minimum Gasteiger partial charge on any atom is -0.357 e. The van der Waals surface area contributed by atoms with Gasteiger partial charge in [0.1, 0.15) is 17.8 Å². The molecule has 1 aromatic rings. The normalized spacial score (nSPS) is 23.7. The molecule has 24 heavy (non-hydrogen) atoms. The Balaban J connectivity index is 1.46. The Morgan fingerprint density at radius 3 is 2.46 bits per heavy atom. The number of aromatic nitrogens is 2. The van der Waals surface area contributed by atoms with E-state index in [-0.39, 0.29) is 5.91 Å². The van der Waals surface area contributed by atoms with E-state index in [2.05, 4.69) is 14.9 Å². The molecule has 0 atom stereocenters. The molecule has 0 bridgehead atoms. The zero-order chi connectivity index (χ0) is 16.4. The first-order valence-corrected chi connectivity index (χ1v) is 9.62. The largest absolute Gasteiger partial charge is 0.357 e. The summed E-state index contributed by atoms with van der Waals surface area (Å²) in [5.74, 6) is 1.01. The molecule has 1 amide bonds. The van der Waals surface area contributed by atoms with E-state index >= 15 is 0 Å². The summed E-state index contributed by atoms with van der Waals surface area (Å²) in [6, 6.07) is 1.90. The minimum atomic E-state index is 0.0955. The molecule has 1 saturated carbocycles. The fourth-order valence-electron chi connectivity index (χ4n) is 4.74. The van der Waals surface area contributed by atoms with Gasteiger partial charge in [0.05, 0.1) is 0 Å². The SMILES string of the molecule is O=C(c1cc(N2CCCCC2)ncn1)N1CCC2(CCCCC2)C1. The Kier molecular flexibility index (Phi) is 4.42. The van der Waals surface area contributed by atoms with Gasteiger partial charge in [-0.1, -0.05) is 19.3 Å². The van der Waals surface area contributed by atoms with Crippen LogP contribution in [0.4, 0.5) is 5.82 Å². The van der Waals surface area contributed by atoms with Crippen molar-refractivity contribution >= 4 is 11.7 Å². The molecule has 3 heterocycles. The summed E-state index contributed by atoms with van der Waals surface area (Å²) in [4.78, 5) is 25.9. The number of nitrogens with zero attached hydrogens (tertiary/aromatic N) is 4. The van der Waals surface area contributed by atoms with Crippen molar-refractivity contribution in [3.8, 4) is 0 Å². The lowest BCUT2D eigenvalue weighted by atomic mass is 9.73. The van der Waals surface area contributed by atoms with Crippen molar-refractivity contribution in [2.75, 3.05) is 31.1 Å². The van der Waals surface area contributed by atoms with Gasteiger partial charge >= 0.3 is 0 Å². The third-order valence-corrected chi connectivity index (χ3v) is 6.19. The van der Waals surface area contributed by atoms with Gasteiger partial charge in [-0.25, -0.2) is 9.97 Å². The van der Waals surface area contributed by atoms with Crippen molar-refractivity contribution in [2.24, 2.45) is 5.41 Å². The second-order valence-corrected chi connectivity index (χ2v) is 7.85. The Morgan fingerprint density at radius 1 is 0.917 bits per heavy atom. The summed E-state index contributed by atoms with van der Waals surface area (Å²) in [5, 5.41) is 0. The monoisotopic (exact) mass is 328 g/mol. The number of carbonyl (C=O) groups excluding carboxylic acids is 1. The van der Waals surface area contributed by atoms with Crippen LogP contribution in [-0.4, -0.2) is 47.0 Å². The number of piperidine rings is 1. The molecule has 5 heteroatoms. The van der Waals surface area contributed by atoms with Crippen molar-refractivity contribution in [1.82, 2.24) is 14.9 Å². The van der Waals surface area contributed by atoms with Gasteiger partial charge in [-0.2, -0.15) is 0 Å². The molecule has 0 aromatic carbocycles. The lowest BCUT2D eigenvalue weighted by molar-refractivity contribution is 0.0753. The predicted octanol–water partition coefficient (Wildman–Crippen LogP) is 3.26. The average molecular weight is 328 g/mol. The molecular weight excluding hydrogens is 300 g/mol. The molecule has 2 aliphatic heterocycles. The first-order valence-electron chi connectivity index (χ1n) is 9.62. The van der Waals surface area contributed by atoms with Crippen LogP contribution in [0.5, 0.6) is 0 Å². The van der Waals surface area contributed by atoms with Gasteiger partial charge in [-0.15, -0.1) is 0 Å². The van der Waals surface area contributed by atoms with Crippen LogP contribution in [0, 0.1) is 5.41 Å². The van der Waals surface area contributed by atoms with Crippen molar-refractivity contribution in [1.29, 1.82) is 0 Å². The Labute approximate surface area is 144 Å². The van der Waals surface area contributed by atoms with Gasteiger partial charge in [-0.05, 0) is 43.9 Å². The van der Waals surface area contributed by atoms with Crippen molar-refractivity contribution in [2.45, 2.75) is 57.8 Å². The summed E-state index contributed by atoms with van der Waals surface area (Å²) >= 11 is 0. The number of carbonyl (C=O) groups is 1. The first-order chi connectivity index (χ1) is 11.8. The van der Waals surface area contributed by atoms with Gasteiger partial charge in [0.15, 0.2) is 0 Å². The maximum absolute atomic E-state index is 12.9. The molecule has 3 aliphatic rings. The van der Waals surface area contributed by atoms with Crippen LogP contribution in [0.3, 0.4) is 0 Å². The third kappa shape index (κ3) is 3.13. The van der Waals surface area contributed by atoms with Crippen molar-refractivity contribution < 1.29 is 4.79 Å². The van der Waals surface area contributed by atoms with Gasteiger partial charge < -0.3 is 9.80 Å². The Morgan fingerprint density at radius 2 is 1.67 bits per heavy atom. The minimum absolute atomic E-state index is 0.0955. The van der Waals surface area contributed by atoms with Gasteiger partial charge in [-0.3, -0.25) is 4.79 Å². The van der Waals surface area contributed by atoms with E-state index in [9.17, 15) is 4.79 Å². The smallest absolute Gasteiger partial charge is 0.272 e. The second-order valence-electron chi connectivity index (χ2n) is 7.85. The van der Waals surface area contributed by atoms with E-state index in [0.29, 0.717) is 11.1 Å². The van der Waals surface area contributed by atoms with E-state index in [0.717, 1.165) is 32.0 Å². The standard InChI is InChI=1S/C19H28N4O/c24-18(23-12-9-19(14-23)7-3-1-4-8-19)16-13-17(21-15-20-16)22-10-5-2-6-11-22/h13,15H,1-12,14H2. The maximum Gasteiger partial charge on any atom is 0.272 e. The zero-order valence-electron chi connectivity index (χ0n) is 14.5. The number of hydrogen-bond donors (Lipinski definition) is 0. The fraction of sp³-hybridized carbons (Fsp3) is 0.737. The Bertz CT molecular complexity index is 591. The number of likely N-dealkylation sites (tertiary alicyclic amines) is 1. The molecule has 1 spiro atoms. The van der Waals surface area contributed by atoms with Crippen LogP contribution in [0.2, 0.25) is 0 Å². The summed E-state index contributed by atoms with van der Waals surface area (Å²) in [7, 11) is 0. The van der Waals surface area contributed by atoms with E-state index in [4.69, 9.17) is 0 Å². The van der Waals surface area contributed by atoms with Crippen molar-refractivity contribution in [3.63, 3.8) is 0 Å². The molecule has 130 valence electrons. The number of amides is 1. The molecule has 3 fully saturated rings. The van der Waals surface area contributed by atoms with E-state index in [1.54, 1.807) is 6.33 Å². The predicted molar refractivity (Wildman–Crippen MR) is 94.1 cm³/mol. The highest BCUT2D eigenvalue weighted by atomic mass is 16.2. The van der Waals surface area contributed by atoms with Crippen LogP contribution in [0.25, 0.3) is 0 Å². The average Bonchev–Trinajstić information content (AvgIpc) is 3.06. The summed E-state index contributed by atoms with van der Waals surface area (Å²) in [6.45, 7) is 3.89. The quantitative estimate of drug-likeness (QED) is 0.836. The molecule has 0 unspecified atom stereocenters. The fourth-order valence-corrected chi connectivity index (χ4v) is 4.74. The molecule has 2 saturated heterocycles. The van der Waals surface area contributed by atoms with Crippen LogP contribution in [0.15, 0.2) is 12.4 Å². The molecule has 0 radical (unpaired) electrons. The molecule has 1 aliphatic carbocycles. The van der Waals surface area contributed by atoms with Crippen LogP contribution in [-0.2, 0) is 0 Å². The third-order valence-electron chi connectivity index (χ3n) is 6.19. The summed E-state index contributed by atoms with van der Waals surface area (Å²) in [6.07, 6.45) is 13.0. The molecule has 1 aromatic heterocycles. The van der Waals surface area contributed by atoms with Crippen LogP contribution < -0.4 is 4.90 Å². The van der Waals surface area contributed by atoms with Gasteiger partial charge in [0.2, 0.25) is 0 Å². The lowest BCUT2D eigenvalue weighted by Crippen LogP contribution is -2.34. The van der Waals surface area contributed by atoms with Crippen molar-refractivity contribution in [3.05, 3.63) is 18.1 Å². The highest BCUT2D eigenvalue weighted by Crippen LogP contribution is 2.43. The van der Waals surface area contributed by atoms with Crippen LogP contribution >= 0.6 is 0 Å². The first kappa shape index (κ1) is 15.9. The van der Waals surface area contributed by atoms with Gasteiger partial charge in [0.25, 0.3) is 5.91 Å². The van der Waals surface area contributed by atoms with E-state index in [1.807, 2.05) is 11.0 Å². The molecule has 4 rings (SSSR count). The maximum atomic E-state index is 12.9. The number of hydrogen-bond acceptors (Lipinski definition) is 4. The topological polar surface area (TPSA) is 49.3 Å². The van der Waals surface area contributed by atoms with Gasteiger partial charge in [0, 0.05) is 32.2 Å².